The largest absolute Gasteiger partial charge is 0.471 e. The van der Waals surface area contributed by atoms with Crippen molar-refractivity contribution in [2.24, 2.45) is 0 Å². The van der Waals surface area contributed by atoms with Gasteiger partial charge in [-0.15, -0.1) is 0 Å². The van der Waals surface area contributed by atoms with Gasteiger partial charge < -0.3 is 60.4 Å². The first-order chi connectivity index (χ1) is 44.3. The second-order valence-electron chi connectivity index (χ2n) is 19.1. The van der Waals surface area contributed by atoms with Crippen molar-refractivity contribution in [1.82, 2.24) is 39.1 Å². The number of nitrogens with one attached hydrogen (secondary N) is 4. The number of aryl methyl sites for hydroxylation is 4. The van der Waals surface area contributed by atoms with Crippen molar-refractivity contribution in [2.75, 3.05) is 21.3 Å². The van der Waals surface area contributed by atoms with Crippen LogP contribution in [0.15, 0.2) is 84.9 Å². The van der Waals surface area contributed by atoms with Crippen LogP contribution >= 0.6 is 77.7 Å². The van der Waals surface area contributed by atoms with E-state index in [9.17, 15) is 63.8 Å². The maximum atomic E-state index is 14.1. The molecule has 0 spiro atoms. The third-order valence-corrected chi connectivity index (χ3v) is 14.4. The normalized spacial score (nSPS) is 12.2. The van der Waals surface area contributed by atoms with Crippen molar-refractivity contribution in [1.29, 1.82) is 0 Å². The molecule has 520 valence electrons. The SMILES string of the molecule is Cc1ccc(NC(=O)c2c(F)c(Cl)nn2C(C)OP(=O)(O)O)c(F)c1.Cc1ccc(NC(=O)c2c(F)c(Cl)nn2COP(=O)(O)O)c(F)c1.Cc1ccc(NC(=O)c2cc(Cl)nn2C(C)OP(=O)(O)O)c(F)c1.Cc1ccc(NC(=O)c2cc(Cl)nn2COP(=O)(O)O)c(F)c1. The first-order valence-corrected chi connectivity index (χ1v) is 33.4. The Hall–Kier alpha value is -7.22. The number of carbonyl (C=O) groups is 4. The first kappa shape index (κ1) is 79.5. The molecule has 96 heavy (non-hydrogen) atoms. The summed E-state index contributed by atoms with van der Waals surface area (Å²) in [5, 5.41) is 21.6. The highest BCUT2D eigenvalue weighted by Gasteiger charge is 2.32. The molecule has 0 saturated carbocycles. The van der Waals surface area contributed by atoms with Gasteiger partial charge in [-0.3, -0.25) is 37.3 Å². The molecule has 4 amide bonds. The third-order valence-electron chi connectivity index (χ3n) is 11.5. The summed E-state index contributed by atoms with van der Waals surface area (Å²) in [6, 6.07) is 18.7. The van der Waals surface area contributed by atoms with Crippen LogP contribution in [0.3, 0.4) is 0 Å². The summed E-state index contributed by atoms with van der Waals surface area (Å²) in [6.07, 6.45) is -2.80. The number of anilines is 4. The molecule has 0 fully saturated rings. The molecule has 4 aromatic heterocycles. The maximum Gasteiger partial charge on any atom is 0.471 e. The topological polar surface area (TPSA) is 455 Å². The molecule has 0 aliphatic rings. The molecule has 0 bridgehead atoms. The molecule has 8 aromatic rings. The van der Waals surface area contributed by atoms with E-state index in [1.54, 1.807) is 39.8 Å². The van der Waals surface area contributed by atoms with Gasteiger partial charge in [-0.25, -0.2) is 63.3 Å². The molecule has 12 N–H and O–H groups in total. The summed E-state index contributed by atoms with van der Waals surface area (Å²) in [6.45, 7) is 7.43. The number of hydrogen-bond donors (Lipinski definition) is 12. The summed E-state index contributed by atoms with van der Waals surface area (Å²) in [5.41, 5.74) is 0.193. The lowest BCUT2D eigenvalue weighted by molar-refractivity contribution is 0.0797. The summed E-state index contributed by atoms with van der Waals surface area (Å²) >= 11 is 22.4. The summed E-state index contributed by atoms with van der Waals surface area (Å²) < 4.78 is 146. The first-order valence-electron chi connectivity index (χ1n) is 25.8. The molecule has 46 heteroatoms. The highest BCUT2D eigenvalue weighted by Crippen LogP contribution is 2.43. The number of rotatable bonds is 20. The number of amides is 4. The molecule has 0 radical (unpaired) electrons. The lowest BCUT2D eigenvalue weighted by Crippen LogP contribution is -2.22. The zero-order valence-corrected chi connectivity index (χ0v) is 55.9. The highest BCUT2D eigenvalue weighted by atomic mass is 35.5. The second kappa shape index (κ2) is 33.4. The van der Waals surface area contributed by atoms with Gasteiger partial charge in [0, 0.05) is 12.1 Å². The number of hydrogen-bond acceptors (Lipinski definition) is 16. The number of phosphoric ester groups is 4. The molecule has 4 aromatic carbocycles. The Morgan fingerprint density at radius 2 is 0.760 bits per heavy atom. The fraction of sp³-hybridized carbons (Fsp3) is 0.200. The molecule has 0 saturated heterocycles. The quantitative estimate of drug-likeness (QED) is 0.0249. The molecule has 8 rings (SSSR count). The minimum atomic E-state index is -4.94. The smallest absolute Gasteiger partial charge is 0.318 e. The van der Waals surface area contributed by atoms with E-state index in [1.165, 1.54) is 61.5 Å². The Labute approximate surface area is 555 Å². The van der Waals surface area contributed by atoms with Crippen LogP contribution in [0.25, 0.3) is 0 Å². The van der Waals surface area contributed by atoms with Crippen molar-refractivity contribution in [3.63, 3.8) is 0 Å². The summed E-state index contributed by atoms with van der Waals surface area (Å²) in [7, 11) is -19.4. The number of benzene rings is 4. The maximum absolute atomic E-state index is 14.1. The van der Waals surface area contributed by atoms with Gasteiger partial charge in [-0.2, -0.15) is 20.4 Å². The van der Waals surface area contributed by atoms with Crippen molar-refractivity contribution < 1.29 is 121 Å². The van der Waals surface area contributed by atoms with Gasteiger partial charge in [-0.1, -0.05) is 70.7 Å². The Balaban J connectivity index is 0.000000232. The van der Waals surface area contributed by atoms with Gasteiger partial charge in [0.25, 0.3) is 23.6 Å². The lowest BCUT2D eigenvalue weighted by Gasteiger charge is -2.16. The molecular formula is C50H50Cl4F6N12O20P4. The molecule has 4 heterocycles. The van der Waals surface area contributed by atoms with Gasteiger partial charge in [0.05, 0.1) is 22.7 Å². The van der Waals surface area contributed by atoms with E-state index in [0.29, 0.717) is 31.6 Å². The van der Waals surface area contributed by atoms with E-state index in [0.717, 1.165) is 34.5 Å². The van der Waals surface area contributed by atoms with Crippen LogP contribution in [0, 0.1) is 62.6 Å². The van der Waals surface area contributed by atoms with Gasteiger partial charge in [0.2, 0.25) is 0 Å². The fourth-order valence-corrected chi connectivity index (χ4v) is 9.65. The van der Waals surface area contributed by atoms with Crippen LogP contribution in [0.4, 0.5) is 49.1 Å². The second-order valence-corrected chi connectivity index (χ2v) is 25.5. The van der Waals surface area contributed by atoms with Crippen molar-refractivity contribution in [2.45, 2.75) is 67.5 Å². The van der Waals surface area contributed by atoms with E-state index < -0.39 is 137 Å². The number of carbonyl (C=O) groups excluding carboxylic acids is 4. The van der Waals surface area contributed by atoms with E-state index in [-0.39, 0.29) is 44.4 Å². The zero-order valence-electron chi connectivity index (χ0n) is 49.3. The molecule has 2 atom stereocenters. The predicted molar refractivity (Wildman–Crippen MR) is 327 cm³/mol. The van der Waals surface area contributed by atoms with Crippen LogP contribution in [-0.2, 0) is 49.8 Å². The minimum absolute atomic E-state index is 0.0552. The van der Waals surface area contributed by atoms with Crippen molar-refractivity contribution >= 4 is 124 Å². The lowest BCUT2D eigenvalue weighted by atomic mass is 10.2. The molecule has 0 aliphatic carbocycles. The van der Waals surface area contributed by atoms with E-state index in [1.807, 2.05) is 0 Å². The van der Waals surface area contributed by atoms with Crippen molar-refractivity contribution in [3.05, 3.63) is 185 Å². The molecule has 2 unspecified atom stereocenters. The van der Waals surface area contributed by atoms with Crippen LogP contribution in [-0.4, -0.2) is 102 Å². The van der Waals surface area contributed by atoms with Gasteiger partial charge >= 0.3 is 31.3 Å². The molecule has 32 nitrogen and oxygen atoms in total. The van der Waals surface area contributed by atoms with Crippen LogP contribution in [0.2, 0.25) is 20.6 Å². The molecule has 0 aliphatic heterocycles. The Morgan fingerprint density at radius 1 is 0.438 bits per heavy atom. The number of halogens is 10. The van der Waals surface area contributed by atoms with E-state index in [2.05, 4.69) is 59.8 Å². The Morgan fingerprint density at radius 3 is 1.15 bits per heavy atom. The minimum Gasteiger partial charge on any atom is -0.318 e. The predicted octanol–water partition coefficient (Wildman–Crippen LogP) is 10.6. The average molecular weight is 1520 g/mol. The average Bonchev–Trinajstić information content (AvgIpc) is 1.65. The fourth-order valence-electron chi connectivity index (χ4n) is 7.42. The number of phosphoric acid groups is 4. The van der Waals surface area contributed by atoms with Gasteiger partial charge in [-0.05, 0) is 112 Å². The van der Waals surface area contributed by atoms with Crippen LogP contribution in [0.1, 0.15) is 90.5 Å². The van der Waals surface area contributed by atoms with Gasteiger partial charge in [0.15, 0.2) is 69.6 Å². The highest BCUT2D eigenvalue weighted by molar-refractivity contribution is 7.47. The number of nitrogens with zero attached hydrogens (tertiary/aromatic N) is 8. The summed E-state index contributed by atoms with van der Waals surface area (Å²) in [4.78, 5) is 119. The standard InChI is InChI=1S/C13H13ClF2N3O5P.C13H14ClFN3O5P.C12H11ClF2N3O5P.C12H12ClFN3O5P/c1-6-3-4-9(8(15)5-6)17-13(20)11-10(16)12(14)18-19(11)7(2)24-25(21,22)23;1-7-3-4-10(9(15)5-7)16-13(19)11-6-12(14)17-18(11)8(2)23-24(20,21)22;1-6-2-3-8(7(14)4-6)16-12(19)10-9(15)11(13)17-18(10)5-23-24(20,21)22;1-7-2-3-9(8(14)4-7)15-12(18)10-5-11(13)16-17(10)6-22-23(19,20)21/h3-5,7H,1-2H3,(H,17,20)(H2,21,22,23);3-6,8H,1-2H3,(H,16,19)(H2,20,21,22);2-4H,5H2,1H3,(H,16,19)(H2,20,21,22);2-5H,6H2,1H3,(H,15,18)(H2,19,20,21). The zero-order chi connectivity index (χ0) is 72.3. The monoisotopic (exact) mass is 1520 g/mol. The summed E-state index contributed by atoms with van der Waals surface area (Å²) in [5.74, 6) is -8.99. The molecular weight excluding hydrogens is 1470 g/mol. The third kappa shape index (κ3) is 24.1. The Bertz CT molecular complexity index is 4420. The van der Waals surface area contributed by atoms with Crippen LogP contribution in [0.5, 0.6) is 0 Å². The van der Waals surface area contributed by atoms with Crippen molar-refractivity contribution in [3.8, 4) is 0 Å². The van der Waals surface area contributed by atoms with E-state index >= 15 is 0 Å². The van der Waals surface area contributed by atoms with E-state index in [4.69, 9.17) is 85.6 Å². The van der Waals surface area contributed by atoms with Gasteiger partial charge in [0.1, 0.15) is 34.7 Å². The Kier molecular flexibility index (Phi) is 27.6. The van der Waals surface area contributed by atoms with Crippen LogP contribution < -0.4 is 21.3 Å². The number of aromatic nitrogens is 8.